The highest BCUT2D eigenvalue weighted by Crippen LogP contribution is 2.43. The van der Waals surface area contributed by atoms with Crippen LogP contribution in [0.3, 0.4) is 0 Å². The Morgan fingerprint density at radius 2 is 2.00 bits per heavy atom. The Bertz CT molecular complexity index is 608. The maximum atomic E-state index is 12.3. The summed E-state index contributed by atoms with van der Waals surface area (Å²) >= 11 is 0. The molecule has 5 nitrogen and oxygen atoms in total. The summed E-state index contributed by atoms with van der Waals surface area (Å²) in [5, 5.41) is 21.1. The van der Waals surface area contributed by atoms with Gasteiger partial charge in [-0.2, -0.15) is 0 Å². The van der Waals surface area contributed by atoms with Crippen molar-refractivity contribution < 1.29 is 19.8 Å². The molecule has 2 aliphatic rings. The lowest BCUT2D eigenvalue weighted by Crippen LogP contribution is -2.26. The monoisotopic (exact) mass is 273 g/mol. The molecular formula is C15H15NO4. The van der Waals surface area contributed by atoms with Crippen LogP contribution in [0.4, 0.5) is 5.69 Å². The molecule has 104 valence electrons. The van der Waals surface area contributed by atoms with Crippen LogP contribution in [0.2, 0.25) is 0 Å². The summed E-state index contributed by atoms with van der Waals surface area (Å²) in [6.45, 7) is 0. The lowest BCUT2D eigenvalue weighted by Gasteiger charge is -2.18. The van der Waals surface area contributed by atoms with E-state index in [1.54, 1.807) is 0 Å². The van der Waals surface area contributed by atoms with E-state index >= 15 is 0 Å². The number of benzene rings is 1. The van der Waals surface area contributed by atoms with Crippen LogP contribution in [0, 0.1) is 17.8 Å². The van der Waals surface area contributed by atoms with Gasteiger partial charge in [0.2, 0.25) is 5.91 Å². The molecule has 0 aliphatic heterocycles. The van der Waals surface area contributed by atoms with Gasteiger partial charge in [0, 0.05) is 5.92 Å². The predicted molar refractivity (Wildman–Crippen MR) is 72.5 cm³/mol. The summed E-state index contributed by atoms with van der Waals surface area (Å²) in [5.74, 6) is -0.789. The Labute approximate surface area is 115 Å². The van der Waals surface area contributed by atoms with Gasteiger partial charge in [0.25, 0.3) is 0 Å². The molecule has 0 spiro atoms. The summed E-state index contributed by atoms with van der Waals surface area (Å²) in [6, 6.07) is 3.92. The van der Waals surface area contributed by atoms with Crippen molar-refractivity contribution in [3.63, 3.8) is 0 Å². The molecule has 20 heavy (non-hydrogen) atoms. The number of anilines is 1. The van der Waals surface area contributed by atoms with Crippen LogP contribution in [0.5, 0.6) is 5.75 Å². The number of rotatable bonds is 3. The lowest BCUT2D eigenvalue weighted by atomic mass is 9.92. The van der Waals surface area contributed by atoms with Crippen molar-refractivity contribution in [1.82, 2.24) is 0 Å². The highest BCUT2D eigenvalue weighted by molar-refractivity contribution is 6.01. The molecule has 1 saturated carbocycles. The molecule has 1 amide bonds. The fourth-order valence-electron chi connectivity index (χ4n) is 3.13. The second-order valence-electron chi connectivity index (χ2n) is 5.41. The van der Waals surface area contributed by atoms with Gasteiger partial charge >= 0.3 is 5.97 Å². The number of phenols is 1. The van der Waals surface area contributed by atoms with Crippen molar-refractivity contribution >= 4 is 17.6 Å². The Morgan fingerprint density at radius 3 is 2.60 bits per heavy atom. The zero-order chi connectivity index (χ0) is 14.3. The number of hydrogen-bond acceptors (Lipinski definition) is 3. The van der Waals surface area contributed by atoms with Gasteiger partial charge in [0.1, 0.15) is 5.75 Å². The van der Waals surface area contributed by atoms with E-state index in [9.17, 15) is 14.7 Å². The molecule has 3 atom stereocenters. The van der Waals surface area contributed by atoms with E-state index in [4.69, 9.17) is 5.11 Å². The first kappa shape index (κ1) is 12.7. The molecule has 5 heteroatoms. The van der Waals surface area contributed by atoms with E-state index in [-0.39, 0.29) is 34.7 Å². The third-order valence-electron chi connectivity index (χ3n) is 4.11. The van der Waals surface area contributed by atoms with E-state index in [0.717, 1.165) is 18.9 Å². The zero-order valence-corrected chi connectivity index (χ0v) is 10.7. The van der Waals surface area contributed by atoms with Crippen LogP contribution in [-0.2, 0) is 4.79 Å². The molecule has 3 unspecified atom stereocenters. The number of aromatic hydroxyl groups is 1. The average molecular weight is 273 g/mol. The largest absolute Gasteiger partial charge is 0.508 e. The van der Waals surface area contributed by atoms with E-state index in [1.165, 1.54) is 12.1 Å². The molecular weight excluding hydrogens is 258 g/mol. The minimum Gasteiger partial charge on any atom is -0.508 e. The van der Waals surface area contributed by atoms with Gasteiger partial charge < -0.3 is 15.5 Å². The molecule has 1 aromatic carbocycles. The SMILES string of the molecule is O=C(O)c1cc(O)ccc1NC(=O)C1CC2C=CC1C2. The lowest BCUT2D eigenvalue weighted by molar-refractivity contribution is -0.120. The standard InChI is InChI=1S/C15H15NO4/c17-10-3-4-13(12(7-10)15(19)20)16-14(18)11-6-8-1-2-9(11)5-8/h1-4,7-9,11,17H,5-6H2,(H,16,18)(H,19,20). The second kappa shape index (κ2) is 4.67. The number of amides is 1. The fraction of sp³-hybridized carbons (Fsp3) is 0.333. The van der Waals surface area contributed by atoms with Gasteiger partial charge in [-0.15, -0.1) is 0 Å². The summed E-state index contributed by atoms with van der Waals surface area (Å²) in [4.78, 5) is 23.4. The normalized spacial score (nSPS) is 26.7. The number of carbonyl (C=O) groups is 2. The Hall–Kier alpha value is -2.30. The Kier molecular flexibility index (Phi) is 2.97. The number of carboxylic acid groups (broad SMARTS) is 1. The van der Waals surface area contributed by atoms with Gasteiger partial charge in [-0.25, -0.2) is 4.79 Å². The van der Waals surface area contributed by atoms with Gasteiger partial charge in [0.15, 0.2) is 0 Å². The molecule has 3 rings (SSSR count). The van der Waals surface area contributed by atoms with E-state index in [2.05, 4.69) is 17.5 Å². The van der Waals surface area contributed by atoms with Crippen LogP contribution in [-0.4, -0.2) is 22.1 Å². The van der Waals surface area contributed by atoms with Crippen molar-refractivity contribution in [2.24, 2.45) is 17.8 Å². The van der Waals surface area contributed by atoms with Crippen molar-refractivity contribution in [2.75, 3.05) is 5.32 Å². The van der Waals surface area contributed by atoms with E-state index in [0.29, 0.717) is 5.92 Å². The van der Waals surface area contributed by atoms with E-state index < -0.39 is 5.97 Å². The maximum absolute atomic E-state index is 12.3. The molecule has 1 aromatic rings. The zero-order valence-electron chi connectivity index (χ0n) is 10.7. The minimum atomic E-state index is -1.18. The van der Waals surface area contributed by atoms with Crippen LogP contribution in [0.25, 0.3) is 0 Å². The van der Waals surface area contributed by atoms with Crippen LogP contribution < -0.4 is 5.32 Å². The van der Waals surface area contributed by atoms with Gasteiger partial charge in [-0.1, -0.05) is 12.2 Å². The highest BCUT2D eigenvalue weighted by atomic mass is 16.4. The molecule has 0 heterocycles. The first-order valence-electron chi connectivity index (χ1n) is 6.60. The number of carbonyl (C=O) groups excluding carboxylic acids is 1. The second-order valence-corrected chi connectivity index (χ2v) is 5.41. The van der Waals surface area contributed by atoms with Crippen LogP contribution >= 0.6 is 0 Å². The van der Waals surface area contributed by atoms with Crippen molar-refractivity contribution in [3.8, 4) is 5.75 Å². The molecule has 0 saturated heterocycles. The van der Waals surface area contributed by atoms with E-state index in [1.807, 2.05) is 0 Å². The number of phenolic OH excluding ortho intramolecular Hbond substituents is 1. The molecule has 1 fully saturated rings. The Balaban J connectivity index is 1.79. The van der Waals surface area contributed by atoms with Crippen molar-refractivity contribution in [3.05, 3.63) is 35.9 Å². The van der Waals surface area contributed by atoms with Crippen LogP contribution in [0.1, 0.15) is 23.2 Å². The fourth-order valence-corrected chi connectivity index (χ4v) is 3.13. The van der Waals surface area contributed by atoms with Gasteiger partial charge in [0.05, 0.1) is 11.3 Å². The number of allylic oxidation sites excluding steroid dienone is 2. The molecule has 3 N–H and O–H groups in total. The van der Waals surface area contributed by atoms with Gasteiger partial charge in [-0.3, -0.25) is 4.79 Å². The summed E-state index contributed by atoms with van der Waals surface area (Å²) in [7, 11) is 0. The maximum Gasteiger partial charge on any atom is 0.337 e. The quantitative estimate of drug-likeness (QED) is 0.582. The first-order chi connectivity index (χ1) is 9.54. The molecule has 2 bridgehead atoms. The summed E-state index contributed by atoms with van der Waals surface area (Å²) in [6.07, 6.45) is 6.07. The van der Waals surface area contributed by atoms with Crippen molar-refractivity contribution in [1.29, 1.82) is 0 Å². The molecule has 2 aliphatic carbocycles. The minimum absolute atomic E-state index is 0.0829. The number of aromatic carboxylic acids is 1. The highest BCUT2D eigenvalue weighted by Gasteiger charge is 2.39. The smallest absolute Gasteiger partial charge is 0.337 e. The topological polar surface area (TPSA) is 86.6 Å². The summed E-state index contributed by atoms with van der Waals surface area (Å²) < 4.78 is 0. The predicted octanol–water partition coefficient (Wildman–Crippen LogP) is 2.24. The molecule has 0 aromatic heterocycles. The number of carboxylic acids is 1. The third-order valence-corrected chi connectivity index (χ3v) is 4.11. The van der Waals surface area contributed by atoms with Crippen molar-refractivity contribution in [2.45, 2.75) is 12.8 Å². The molecule has 0 radical (unpaired) electrons. The van der Waals surface area contributed by atoms with Crippen LogP contribution in [0.15, 0.2) is 30.4 Å². The first-order valence-corrected chi connectivity index (χ1v) is 6.60. The number of nitrogens with one attached hydrogen (secondary N) is 1. The Morgan fingerprint density at radius 1 is 1.20 bits per heavy atom. The number of hydrogen-bond donors (Lipinski definition) is 3. The summed E-state index contributed by atoms with van der Waals surface area (Å²) in [5.41, 5.74) is 0.129. The number of fused-ring (bicyclic) bond motifs is 2. The third kappa shape index (κ3) is 2.15. The average Bonchev–Trinajstić information content (AvgIpc) is 3.03. The van der Waals surface area contributed by atoms with Gasteiger partial charge in [-0.05, 0) is 42.9 Å².